The number of aliphatic hydroxyl groups excluding tert-OH is 1. The average Bonchev–Trinajstić information content (AvgIpc) is 2.86. The first kappa shape index (κ1) is 12.9. The molecule has 0 fully saturated rings. The smallest absolute Gasteiger partial charge is 0.0982 e. The lowest BCUT2D eigenvalue weighted by molar-refractivity contribution is 0.0693. The number of hydrogen-bond acceptors (Lipinski definition) is 2. The van der Waals surface area contributed by atoms with E-state index in [1.807, 2.05) is 43.3 Å². The summed E-state index contributed by atoms with van der Waals surface area (Å²) in [6.07, 6.45) is 0.489. The summed E-state index contributed by atoms with van der Waals surface area (Å²) in [6.45, 7) is 2.00. The third-order valence-corrected chi connectivity index (χ3v) is 4.23. The van der Waals surface area contributed by atoms with Crippen molar-refractivity contribution in [2.75, 3.05) is 0 Å². The highest BCUT2D eigenvalue weighted by Gasteiger charge is 2.44. The Morgan fingerprint density at radius 1 is 1.10 bits per heavy atom. The van der Waals surface area contributed by atoms with E-state index in [0.29, 0.717) is 12.8 Å². The van der Waals surface area contributed by atoms with E-state index >= 15 is 0 Å². The van der Waals surface area contributed by atoms with Crippen LogP contribution in [-0.2, 0) is 12.8 Å². The molecule has 0 heterocycles. The third-order valence-electron chi connectivity index (χ3n) is 4.23. The number of nitrogens with zero attached hydrogens (tertiary/aromatic N) is 1. The van der Waals surface area contributed by atoms with Crippen LogP contribution in [0.25, 0.3) is 0 Å². The quantitative estimate of drug-likeness (QED) is 0.903. The number of rotatable bonds is 2. The van der Waals surface area contributed by atoms with Gasteiger partial charge < -0.3 is 5.11 Å². The van der Waals surface area contributed by atoms with Gasteiger partial charge in [0.25, 0.3) is 0 Å². The molecule has 0 saturated carbocycles. The molecule has 1 N–H and O–H groups in total. The van der Waals surface area contributed by atoms with Gasteiger partial charge in [0.15, 0.2) is 0 Å². The molecule has 0 amide bonds. The standard InChI is InChI=1S/C18H17NO/c1-13-5-4-8-14(9-13)17(20)18(12-19)10-15-6-2-3-7-16(15)11-18/h2-9,17,20H,10-11H2,1H3. The summed E-state index contributed by atoms with van der Waals surface area (Å²) in [6, 6.07) is 18.3. The first-order chi connectivity index (χ1) is 9.64. The molecule has 2 heteroatoms. The topological polar surface area (TPSA) is 44.0 Å². The zero-order valence-corrected chi connectivity index (χ0v) is 11.5. The van der Waals surface area contributed by atoms with Crippen LogP contribution in [-0.4, -0.2) is 5.11 Å². The number of nitriles is 1. The van der Waals surface area contributed by atoms with Crippen molar-refractivity contribution >= 4 is 0 Å². The molecule has 0 bridgehead atoms. The Labute approximate surface area is 119 Å². The van der Waals surface area contributed by atoms with E-state index in [0.717, 1.165) is 11.1 Å². The van der Waals surface area contributed by atoms with E-state index in [-0.39, 0.29) is 0 Å². The van der Waals surface area contributed by atoms with Crippen LogP contribution in [0.2, 0.25) is 0 Å². The van der Waals surface area contributed by atoms with Crippen LogP contribution >= 0.6 is 0 Å². The number of aryl methyl sites for hydroxylation is 1. The monoisotopic (exact) mass is 263 g/mol. The summed E-state index contributed by atoms with van der Waals surface area (Å²) in [7, 11) is 0. The zero-order chi connectivity index (χ0) is 14.2. The van der Waals surface area contributed by atoms with Crippen molar-refractivity contribution < 1.29 is 5.11 Å². The lowest BCUT2D eigenvalue weighted by Crippen LogP contribution is -2.28. The van der Waals surface area contributed by atoms with Crippen molar-refractivity contribution in [3.05, 3.63) is 70.8 Å². The molecule has 0 spiro atoms. The van der Waals surface area contributed by atoms with Crippen molar-refractivity contribution in [3.8, 4) is 6.07 Å². The molecule has 0 aliphatic heterocycles. The van der Waals surface area contributed by atoms with Crippen LogP contribution < -0.4 is 0 Å². The second kappa shape index (κ2) is 4.77. The molecule has 20 heavy (non-hydrogen) atoms. The second-order valence-corrected chi connectivity index (χ2v) is 5.71. The third kappa shape index (κ3) is 2.01. The van der Waals surface area contributed by atoms with Crippen molar-refractivity contribution in [2.45, 2.75) is 25.9 Å². The maximum Gasteiger partial charge on any atom is 0.0982 e. The number of hydrogen-bond donors (Lipinski definition) is 1. The lowest BCUT2D eigenvalue weighted by Gasteiger charge is -2.27. The first-order valence-electron chi connectivity index (χ1n) is 6.87. The van der Waals surface area contributed by atoms with Gasteiger partial charge in [0, 0.05) is 0 Å². The normalized spacial score (nSPS) is 17.2. The SMILES string of the molecule is Cc1cccc(C(O)C2(C#N)Cc3ccccc3C2)c1. The minimum atomic E-state index is -0.750. The molecular formula is C18H17NO. The molecular weight excluding hydrogens is 246 g/mol. The Hall–Kier alpha value is -2.11. The van der Waals surface area contributed by atoms with Crippen LogP contribution in [0.3, 0.4) is 0 Å². The molecule has 3 rings (SSSR count). The Balaban J connectivity index is 1.98. The van der Waals surface area contributed by atoms with Gasteiger partial charge in [0.1, 0.15) is 0 Å². The molecule has 1 unspecified atom stereocenters. The molecule has 2 aromatic rings. The Morgan fingerprint density at radius 2 is 1.75 bits per heavy atom. The Kier molecular flexibility index (Phi) is 3.08. The minimum Gasteiger partial charge on any atom is -0.387 e. The van der Waals surface area contributed by atoms with E-state index < -0.39 is 11.5 Å². The maximum atomic E-state index is 10.7. The zero-order valence-electron chi connectivity index (χ0n) is 11.5. The predicted octanol–water partition coefficient (Wildman–Crippen LogP) is 3.34. The Bertz CT molecular complexity index is 659. The summed E-state index contributed by atoms with van der Waals surface area (Å²) in [4.78, 5) is 0. The van der Waals surface area contributed by atoms with E-state index in [4.69, 9.17) is 0 Å². The average molecular weight is 263 g/mol. The largest absolute Gasteiger partial charge is 0.387 e. The van der Waals surface area contributed by atoms with Crippen molar-refractivity contribution in [3.63, 3.8) is 0 Å². The molecule has 1 atom stereocenters. The highest BCUT2D eigenvalue weighted by molar-refractivity contribution is 5.40. The fourth-order valence-corrected chi connectivity index (χ4v) is 3.14. The van der Waals surface area contributed by atoms with Crippen LogP contribution in [0.5, 0.6) is 0 Å². The van der Waals surface area contributed by atoms with Gasteiger partial charge in [-0.1, -0.05) is 54.1 Å². The summed E-state index contributed by atoms with van der Waals surface area (Å²) >= 11 is 0. The second-order valence-electron chi connectivity index (χ2n) is 5.71. The van der Waals surface area contributed by atoms with E-state index in [1.54, 1.807) is 0 Å². The van der Waals surface area contributed by atoms with Gasteiger partial charge >= 0.3 is 0 Å². The van der Waals surface area contributed by atoms with E-state index in [2.05, 4.69) is 18.2 Å². The molecule has 2 aromatic carbocycles. The molecule has 1 aliphatic carbocycles. The van der Waals surface area contributed by atoms with Gasteiger partial charge in [-0.3, -0.25) is 0 Å². The molecule has 2 nitrogen and oxygen atoms in total. The number of fused-ring (bicyclic) bond motifs is 1. The van der Waals surface area contributed by atoms with Crippen molar-refractivity contribution in [2.24, 2.45) is 5.41 Å². The van der Waals surface area contributed by atoms with E-state index in [1.165, 1.54) is 11.1 Å². The molecule has 100 valence electrons. The Morgan fingerprint density at radius 3 is 2.30 bits per heavy atom. The molecule has 1 aliphatic rings. The van der Waals surface area contributed by atoms with Crippen LogP contribution in [0, 0.1) is 23.7 Å². The van der Waals surface area contributed by atoms with Gasteiger partial charge in [-0.2, -0.15) is 5.26 Å². The predicted molar refractivity (Wildman–Crippen MR) is 78.0 cm³/mol. The first-order valence-corrected chi connectivity index (χ1v) is 6.87. The fraction of sp³-hybridized carbons (Fsp3) is 0.278. The number of aliphatic hydroxyl groups is 1. The van der Waals surface area contributed by atoms with Crippen molar-refractivity contribution in [1.29, 1.82) is 5.26 Å². The lowest BCUT2D eigenvalue weighted by atomic mass is 9.77. The molecule has 0 aromatic heterocycles. The summed E-state index contributed by atoms with van der Waals surface area (Å²) < 4.78 is 0. The number of benzene rings is 2. The van der Waals surface area contributed by atoms with Crippen LogP contribution in [0.4, 0.5) is 0 Å². The maximum absolute atomic E-state index is 10.7. The summed E-state index contributed by atoms with van der Waals surface area (Å²) in [5.74, 6) is 0. The highest BCUT2D eigenvalue weighted by atomic mass is 16.3. The van der Waals surface area contributed by atoms with Crippen LogP contribution in [0.1, 0.15) is 28.4 Å². The van der Waals surface area contributed by atoms with Gasteiger partial charge in [-0.25, -0.2) is 0 Å². The van der Waals surface area contributed by atoms with Gasteiger partial charge in [-0.15, -0.1) is 0 Å². The van der Waals surface area contributed by atoms with Crippen molar-refractivity contribution in [1.82, 2.24) is 0 Å². The van der Waals surface area contributed by atoms with E-state index in [9.17, 15) is 10.4 Å². The van der Waals surface area contributed by atoms with Crippen LogP contribution in [0.15, 0.2) is 48.5 Å². The van der Waals surface area contributed by atoms with Gasteiger partial charge in [0.2, 0.25) is 0 Å². The van der Waals surface area contributed by atoms with Gasteiger partial charge in [0.05, 0.1) is 17.6 Å². The highest BCUT2D eigenvalue weighted by Crippen LogP contribution is 2.45. The summed E-state index contributed by atoms with van der Waals surface area (Å²) in [5, 5.41) is 20.4. The molecule has 0 radical (unpaired) electrons. The van der Waals surface area contributed by atoms with Gasteiger partial charge in [-0.05, 0) is 36.5 Å². The summed E-state index contributed by atoms with van der Waals surface area (Å²) in [5.41, 5.74) is 3.56. The fourth-order valence-electron chi connectivity index (χ4n) is 3.14. The molecule has 0 saturated heterocycles. The minimum absolute atomic E-state index is 0.620.